The van der Waals surface area contributed by atoms with E-state index in [0.717, 1.165) is 13.1 Å². The number of nitrogens with one attached hydrogen (secondary N) is 2. The molecule has 15 heavy (non-hydrogen) atoms. The monoisotopic (exact) mass is 214 g/mol. The Kier molecular flexibility index (Phi) is 5.29. The zero-order chi connectivity index (χ0) is 12.1. The molecule has 3 nitrogen and oxygen atoms in total. The Balaban J connectivity index is 3.60. The van der Waals surface area contributed by atoms with Crippen LogP contribution in [0.1, 0.15) is 41.5 Å². The third-order valence-corrected chi connectivity index (χ3v) is 1.76. The highest BCUT2D eigenvalue weighted by Crippen LogP contribution is 2.10. The van der Waals surface area contributed by atoms with Crippen LogP contribution in [-0.4, -0.2) is 25.5 Å². The minimum absolute atomic E-state index is 0.0779. The van der Waals surface area contributed by atoms with Gasteiger partial charge < -0.3 is 10.6 Å². The van der Waals surface area contributed by atoms with Gasteiger partial charge >= 0.3 is 0 Å². The molecule has 0 aromatic heterocycles. The van der Waals surface area contributed by atoms with Crippen LogP contribution in [0.3, 0.4) is 0 Å². The quantitative estimate of drug-likeness (QED) is 0.749. The van der Waals surface area contributed by atoms with Crippen molar-refractivity contribution in [1.82, 2.24) is 10.6 Å². The van der Waals surface area contributed by atoms with Gasteiger partial charge in [0, 0.05) is 13.1 Å². The normalized spacial score (nSPS) is 12.7. The van der Waals surface area contributed by atoms with Gasteiger partial charge in [0.15, 0.2) is 0 Å². The van der Waals surface area contributed by atoms with Crippen LogP contribution in [0, 0.1) is 10.8 Å². The van der Waals surface area contributed by atoms with Crippen molar-refractivity contribution >= 4 is 5.91 Å². The number of carbonyl (C=O) groups excluding carboxylic acids is 1. The standard InChI is InChI=1S/C12H26N2O/c1-11(2,3)8-13-7-10(15)14-9-12(4,5)6/h13H,7-9H2,1-6H3,(H,14,15). The van der Waals surface area contributed by atoms with Crippen LogP contribution in [0.2, 0.25) is 0 Å². The first-order chi connectivity index (χ1) is 6.60. The minimum atomic E-state index is 0.0779. The van der Waals surface area contributed by atoms with Crippen LogP contribution in [0.4, 0.5) is 0 Å². The van der Waals surface area contributed by atoms with E-state index in [0.29, 0.717) is 6.54 Å². The summed E-state index contributed by atoms with van der Waals surface area (Å²) < 4.78 is 0. The van der Waals surface area contributed by atoms with Crippen molar-refractivity contribution < 1.29 is 4.79 Å². The summed E-state index contributed by atoms with van der Waals surface area (Å²) in [6, 6.07) is 0. The van der Waals surface area contributed by atoms with Crippen LogP contribution in [0.15, 0.2) is 0 Å². The maximum absolute atomic E-state index is 11.4. The van der Waals surface area contributed by atoms with Gasteiger partial charge in [-0.1, -0.05) is 41.5 Å². The molecule has 0 aromatic carbocycles. The lowest BCUT2D eigenvalue weighted by molar-refractivity contribution is -0.120. The third-order valence-electron chi connectivity index (χ3n) is 1.76. The Morgan fingerprint density at radius 2 is 1.40 bits per heavy atom. The second kappa shape index (κ2) is 5.50. The second-order valence-electron chi connectivity index (χ2n) is 6.50. The largest absolute Gasteiger partial charge is 0.354 e. The Bertz CT molecular complexity index is 199. The van der Waals surface area contributed by atoms with Crippen molar-refractivity contribution in [3.63, 3.8) is 0 Å². The lowest BCUT2D eigenvalue weighted by atomic mass is 9.96. The molecule has 0 aliphatic heterocycles. The Hall–Kier alpha value is -0.570. The lowest BCUT2D eigenvalue weighted by Gasteiger charge is -2.20. The fourth-order valence-electron chi connectivity index (χ4n) is 0.977. The molecule has 0 aromatic rings. The minimum Gasteiger partial charge on any atom is -0.354 e. The zero-order valence-electron chi connectivity index (χ0n) is 11.0. The molecule has 0 spiro atoms. The molecule has 0 saturated heterocycles. The first kappa shape index (κ1) is 14.4. The highest BCUT2D eigenvalue weighted by Gasteiger charge is 2.13. The molecule has 0 heterocycles. The van der Waals surface area contributed by atoms with E-state index in [-0.39, 0.29) is 16.7 Å². The van der Waals surface area contributed by atoms with Gasteiger partial charge in [0.05, 0.1) is 6.54 Å². The summed E-state index contributed by atoms with van der Waals surface area (Å²) in [5, 5.41) is 6.06. The third kappa shape index (κ3) is 11.4. The molecule has 0 aliphatic rings. The predicted octanol–water partition coefficient (Wildman–Crippen LogP) is 1.78. The van der Waals surface area contributed by atoms with Crippen molar-refractivity contribution in [2.75, 3.05) is 19.6 Å². The van der Waals surface area contributed by atoms with Gasteiger partial charge in [-0.05, 0) is 10.8 Å². The Morgan fingerprint density at radius 1 is 0.933 bits per heavy atom. The molecule has 90 valence electrons. The Morgan fingerprint density at radius 3 is 1.80 bits per heavy atom. The van der Waals surface area contributed by atoms with E-state index >= 15 is 0 Å². The van der Waals surface area contributed by atoms with Gasteiger partial charge in [0.1, 0.15) is 0 Å². The van der Waals surface area contributed by atoms with Crippen LogP contribution in [0.25, 0.3) is 0 Å². The number of rotatable bonds is 4. The van der Waals surface area contributed by atoms with Crippen LogP contribution < -0.4 is 10.6 Å². The molecular weight excluding hydrogens is 188 g/mol. The topological polar surface area (TPSA) is 41.1 Å². The first-order valence-corrected chi connectivity index (χ1v) is 5.58. The molecule has 0 saturated carbocycles. The van der Waals surface area contributed by atoms with E-state index in [4.69, 9.17) is 0 Å². The number of hydrogen-bond acceptors (Lipinski definition) is 2. The fraction of sp³-hybridized carbons (Fsp3) is 0.917. The molecule has 0 atom stereocenters. The smallest absolute Gasteiger partial charge is 0.233 e. The fourth-order valence-corrected chi connectivity index (χ4v) is 0.977. The van der Waals surface area contributed by atoms with E-state index in [2.05, 4.69) is 52.2 Å². The summed E-state index contributed by atoms with van der Waals surface area (Å²) in [5.74, 6) is 0.0779. The number of carbonyl (C=O) groups is 1. The first-order valence-electron chi connectivity index (χ1n) is 5.58. The average Bonchev–Trinajstić information content (AvgIpc) is 1.97. The molecule has 2 N–H and O–H groups in total. The molecule has 0 aliphatic carbocycles. The molecule has 0 fully saturated rings. The van der Waals surface area contributed by atoms with Crippen LogP contribution in [-0.2, 0) is 4.79 Å². The Labute approximate surface area is 94.0 Å². The van der Waals surface area contributed by atoms with Crippen LogP contribution in [0.5, 0.6) is 0 Å². The maximum Gasteiger partial charge on any atom is 0.233 e. The number of amides is 1. The molecular formula is C12H26N2O. The zero-order valence-corrected chi connectivity index (χ0v) is 11.0. The van der Waals surface area contributed by atoms with Crippen molar-refractivity contribution in [1.29, 1.82) is 0 Å². The van der Waals surface area contributed by atoms with Crippen molar-refractivity contribution in [2.45, 2.75) is 41.5 Å². The van der Waals surface area contributed by atoms with Crippen molar-refractivity contribution in [3.05, 3.63) is 0 Å². The highest BCUT2D eigenvalue weighted by molar-refractivity contribution is 5.77. The maximum atomic E-state index is 11.4. The highest BCUT2D eigenvalue weighted by atomic mass is 16.1. The summed E-state index contributed by atoms with van der Waals surface area (Å²) in [6.07, 6.45) is 0. The van der Waals surface area contributed by atoms with Gasteiger partial charge in [-0.3, -0.25) is 4.79 Å². The molecule has 0 rings (SSSR count). The summed E-state index contributed by atoms with van der Waals surface area (Å²) >= 11 is 0. The average molecular weight is 214 g/mol. The van der Waals surface area contributed by atoms with E-state index in [9.17, 15) is 4.79 Å². The molecule has 1 amide bonds. The summed E-state index contributed by atoms with van der Waals surface area (Å²) in [5.41, 5.74) is 0.379. The van der Waals surface area contributed by atoms with E-state index in [1.165, 1.54) is 0 Å². The summed E-state index contributed by atoms with van der Waals surface area (Å²) in [6.45, 7) is 14.8. The SMILES string of the molecule is CC(C)(C)CNCC(=O)NCC(C)(C)C. The van der Waals surface area contributed by atoms with Gasteiger partial charge in [0.25, 0.3) is 0 Å². The number of hydrogen-bond donors (Lipinski definition) is 2. The molecule has 0 bridgehead atoms. The van der Waals surface area contributed by atoms with Crippen molar-refractivity contribution in [3.8, 4) is 0 Å². The molecule has 0 radical (unpaired) electrons. The summed E-state index contributed by atoms with van der Waals surface area (Å²) in [7, 11) is 0. The van der Waals surface area contributed by atoms with Gasteiger partial charge in [-0.2, -0.15) is 0 Å². The van der Waals surface area contributed by atoms with Gasteiger partial charge in [-0.15, -0.1) is 0 Å². The van der Waals surface area contributed by atoms with Gasteiger partial charge in [0.2, 0.25) is 5.91 Å². The van der Waals surface area contributed by atoms with Crippen LogP contribution >= 0.6 is 0 Å². The molecule has 0 unspecified atom stereocenters. The predicted molar refractivity (Wildman–Crippen MR) is 64.8 cm³/mol. The second-order valence-corrected chi connectivity index (χ2v) is 6.50. The van der Waals surface area contributed by atoms with E-state index in [1.807, 2.05) is 0 Å². The summed E-state index contributed by atoms with van der Waals surface area (Å²) in [4.78, 5) is 11.4. The van der Waals surface area contributed by atoms with E-state index < -0.39 is 0 Å². The van der Waals surface area contributed by atoms with E-state index in [1.54, 1.807) is 0 Å². The van der Waals surface area contributed by atoms with Crippen molar-refractivity contribution in [2.24, 2.45) is 10.8 Å². The van der Waals surface area contributed by atoms with Gasteiger partial charge in [-0.25, -0.2) is 0 Å². The molecule has 3 heteroatoms. The lowest BCUT2D eigenvalue weighted by Crippen LogP contribution is -2.40.